The minimum Gasteiger partial charge on any atom is -0.339 e. The van der Waals surface area contributed by atoms with Gasteiger partial charge in [-0.25, -0.2) is 10.8 Å². The Hall–Kier alpha value is -1.37. The lowest BCUT2D eigenvalue weighted by Crippen LogP contribution is -2.11. The highest BCUT2D eigenvalue weighted by Crippen LogP contribution is 2.24. The Morgan fingerprint density at radius 2 is 2.18 bits per heavy atom. The Kier molecular flexibility index (Phi) is 3.78. The van der Waals surface area contributed by atoms with E-state index in [1.165, 1.54) is 6.20 Å². The third-order valence-corrected chi connectivity index (χ3v) is 2.73. The van der Waals surface area contributed by atoms with Crippen molar-refractivity contribution in [3.63, 3.8) is 0 Å². The maximum Gasteiger partial charge on any atom is 0.239 e. The first kappa shape index (κ1) is 12.1. The Morgan fingerprint density at radius 1 is 1.35 bits per heavy atom. The Labute approximate surface area is 112 Å². The molecule has 2 rings (SSSR count). The van der Waals surface area contributed by atoms with Crippen molar-refractivity contribution in [3.05, 3.63) is 40.0 Å². The second-order valence-corrected chi connectivity index (χ2v) is 4.49. The van der Waals surface area contributed by atoms with Gasteiger partial charge in [0, 0.05) is 10.2 Å². The van der Waals surface area contributed by atoms with Crippen molar-refractivity contribution in [2.75, 3.05) is 10.7 Å². The van der Waals surface area contributed by atoms with Crippen LogP contribution < -0.4 is 16.6 Å². The lowest BCUT2D eigenvalue weighted by Gasteiger charge is -2.08. The SMILES string of the molecule is NNc1ncc(Cl)c(Nc2cccc(Br)c2)n1. The van der Waals surface area contributed by atoms with Crippen molar-refractivity contribution in [1.29, 1.82) is 0 Å². The Bertz CT molecular complexity index is 534. The van der Waals surface area contributed by atoms with Crippen LogP contribution >= 0.6 is 27.5 Å². The monoisotopic (exact) mass is 313 g/mol. The molecule has 0 amide bonds. The number of benzene rings is 1. The minimum atomic E-state index is 0.298. The third-order valence-electron chi connectivity index (χ3n) is 1.96. The van der Waals surface area contributed by atoms with Crippen molar-refractivity contribution in [1.82, 2.24) is 9.97 Å². The van der Waals surface area contributed by atoms with Gasteiger partial charge in [-0.1, -0.05) is 33.6 Å². The minimum absolute atomic E-state index is 0.298. The van der Waals surface area contributed by atoms with Crippen LogP contribution in [0.4, 0.5) is 17.5 Å². The molecular formula is C10H9BrClN5. The molecule has 1 aromatic carbocycles. The number of hydrogen-bond acceptors (Lipinski definition) is 5. The first-order valence-electron chi connectivity index (χ1n) is 4.71. The van der Waals surface area contributed by atoms with Crippen molar-refractivity contribution >= 4 is 45.0 Å². The number of hydrazine groups is 1. The second-order valence-electron chi connectivity index (χ2n) is 3.17. The van der Waals surface area contributed by atoms with E-state index in [2.05, 4.69) is 36.6 Å². The highest BCUT2D eigenvalue weighted by molar-refractivity contribution is 9.10. The summed E-state index contributed by atoms with van der Waals surface area (Å²) < 4.78 is 0.963. The van der Waals surface area contributed by atoms with Gasteiger partial charge in [0.2, 0.25) is 5.95 Å². The predicted octanol–water partition coefficient (Wildman–Crippen LogP) is 2.92. The van der Waals surface area contributed by atoms with Gasteiger partial charge < -0.3 is 5.32 Å². The quantitative estimate of drug-likeness (QED) is 0.600. The Morgan fingerprint density at radius 3 is 2.88 bits per heavy atom. The normalized spacial score (nSPS) is 10.1. The zero-order chi connectivity index (χ0) is 12.3. The number of nitrogens with one attached hydrogen (secondary N) is 2. The number of halogens is 2. The summed E-state index contributed by atoms with van der Waals surface area (Å²) in [6.07, 6.45) is 1.48. The molecule has 0 spiro atoms. The zero-order valence-electron chi connectivity index (χ0n) is 8.61. The van der Waals surface area contributed by atoms with Crippen LogP contribution in [0.15, 0.2) is 34.9 Å². The molecule has 7 heteroatoms. The summed E-state index contributed by atoms with van der Waals surface area (Å²) in [5.74, 6) is 6.02. The Balaban J connectivity index is 2.29. The number of nitrogens with two attached hydrogens (primary N) is 1. The summed E-state index contributed by atoms with van der Waals surface area (Å²) in [6.45, 7) is 0. The second kappa shape index (κ2) is 5.31. The van der Waals surface area contributed by atoms with Crippen LogP contribution in [0.3, 0.4) is 0 Å². The average molecular weight is 315 g/mol. The van der Waals surface area contributed by atoms with Gasteiger partial charge in [-0.3, -0.25) is 5.43 Å². The molecule has 88 valence electrons. The third kappa shape index (κ3) is 3.06. The summed E-state index contributed by atoms with van der Waals surface area (Å²) in [7, 11) is 0. The van der Waals surface area contributed by atoms with Crippen LogP contribution in [0.2, 0.25) is 5.02 Å². The molecule has 0 atom stereocenters. The molecule has 0 aliphatic heterocycles. The van der Waals surface area contributed by atoms with Crippen LogP contribution in [-0.2, 0) is 0 Å². The van der Waals surface area contributed by atoms with Gasteiger partial charge in [0.05, 0.1) is 6.20 Å². The first-order valence-corrected chi connectivity index (χ1v) is 5.88. The smallest absolute Gasteiger partial charge is 0.239 e. The number of anilines is 3. The molecule has 0 saturated carbocycles. The number of nitrogens with zero attached hydrogens (tertiary/aromatic N) is 2. The first-order chi connectivity index (χ1) is 8.19. The van der Waals surface area contributed by atoms with E-state index < -0.39 is 0 Å². The molecule has 17 heavy (non-hydrogen) atoms. The largest absolute Gasteiger partial charge is 0.339 e. The summed E-state index contributed by atoms with van der Waals surface area (Å²) in [5, 5.41) is 3.50. The topological polar surface area (TPSA) is 75.9 Å². The van der Waals surface area contributed by atoms with Crippen LogP contribution in [0, 0.1) is 0 Å². The van der Waals surface area contributed by atoms with Crippen LogP contribution in [0.1, 0.15) is 0 Å². The van der Waals surface area contributed by atoms with E-state index in [1.54, 1.807) is 0 Å². The molecule has 1 aromatic heterocycles. The number of aromatic nitrogens is 2. The summed E-state index contributed by atoms with van der Waals surface area (Å²) in [5.41, 5.74) is 3.23. The van der Waals surface area contributed by atoms with Gasteiger partial charge in [-0.2, -0.15) is 4.98 Å². The van der Waals surface area contributed by atoms with Gasteiger partial charge in [-0.15, -0.1) is 0 Å². The molecule has 0 saturated heterocycles. The summed E-state index contributed by atoms with van der Waals surface area (Å²) >= 11 is 9.36. The number of rotatable bonds is 3. The van der Waals surface area contributed by atoms with Crippen molar-refractivity contribution in [3.8, 4) is 0 Å². The van der Waals surface area contributed by atoms with E-state index in [1.807, 2.05) is 24.3 Å². The highest BCUT2D eigenvalue weighted by atomic mass is 79.9. The van der Waals surface area contributed by atoms with Gasteiger partial charge >= 0.3 is 0 Å². The fourth-order valence-corrected chi connectivity index (χ4v) is 1.76. The molecule has 1 heterocycles. The molecule has 5 nitrogen and oxygen atoms in total. The van der Waals surface area contributed by atoms with Gasteiger partial charge in [0.15, 0.2) is 5.82 Å². The number of nitrogen functional groups attached to an aromatic ring is 1. The molecule has 4 N–H and O–H groups in total. The van der Waals surface area contributed by atoms with Crippen LogP contribution in [0.25, 0.3) is 0 Å². The average Bonchev–Trinajstić information content (AvgIpc) is 2.32. The lowest BCUT2D eigenvalue weighted by molar-refractivity contribution is 1.12. The molecule has 0 fully saturated rings. The molecule has 0 aliphatic rings. The molecular weight excluding hydrogens is 306 g/mol. The van der Waals surface area contributed by atoms with Gasteiger partial charge in [0.1, 0.15) is 5.02 Å². The highest BCUT2D eigenvalue weighted by Gasteiger charge is 2.05. The number of hydrogen-bond donors (Lipinski definition) is 3. The molecule has 0 aliphatic carbocycles. The molecule has 0 unspecified atom stereocenters. The fraction of sp³-hybridized carbons (Fsp3) is 0. The van der Waals surface area contributed by atoms with E-state index >= 15 is 0 Å². The van der Waals surface area contributed by atoms with Gasteiger partial charge in [0.25, 0.3) is 0 Å². The maximum absolute atomic E-state index is 5.98. The van der Waals surface area contributed by atoms with E-state index in [9.17, 15) is 0 Å². The molecule has 2 aromatic rings. The van der Waals surface area contributed by atoms with Crippen molar-refractivity contribution in [2.45, 2.75) is 0 Å². The molecule has 0 bridgehead atoms. The maximum atomic E-state index is 5.98. The van der Waals surface area contributed by atoms with Crippen LogP contribution in [-0.4, -0.2) is 9.97 Å². The summed E-state index contributed by atoms with van der Waals surface area (Å²) in [4.78, 5) is 8.00. The van der Waals surface area contributed by atoms with E-state index in [-0.39, 0.29) is 0 Å². The van der Waals surface area contributed by atoms with E-state index in [4.69, 9.17) is 17.4 Å². The van der Waals surface area contributed by atoms with Crippen molar-refractivity contribution < 1.29 is 0 Å². The zero-order valence-corrected chi connectivity index (χ0v) is 11.0. The van der Waals surface area contributed by atoms with E-state index in [0.29, 0.717) is 16.8 Å². The van der Waals surface area contributed by atoms with Crippen LogP contribution in [0.5, 0.6) is 0 Å². The standard InChI is InChI=1S/C10H9BrClN5/c11-6-2-1-3-7(4-6)15-9-8(12)5-14-10(16-9)17-13/h1-5H,13H2,(H2,14,15,16,17). The fourth-order valence-electron chi connectivity index (χ4n) is 1.23. The van der Waals surface area contributed by atoms with E-state index in [0.717, 1.165) is 10.2 Å². The molecule has 0 radical (unpaired) electrons. The lowest BCUT2D eigenvalue weighted by atomic mass is 10.3. The van der Waals surface area contributed by atoms with Gasteiger partial charge in [-0.05, 0) is 18.2 Å². The predicted molar refractivity (Wildman–Crippen MR) is 72.3 cm³/mol. The van der Waals surface area contributed by atoms with Crippen molar-refractivity contribution in [2.24, 2.45) is 5.84 Å². The summed E-state index contributed by atoms with van der Waals surface area (Å²) in [6, 6.07) is 7.65.